The lowest BCUT2D eigenvalue weighted by molar-refractivity contribution is -0.121. The quantitative estimate of drug-likeness (QED) is 0.472. The molecular formula is C23H22N4O4. The normalized spacial score (nSPS) is 10.9. The highest BCUT2D eigenvalue weighted by molar-refractivity contribution is 5.87. The molecule has 0 bridgehead atoms. The van der Waals surface area contributed by atoms with Crippen molar-refractivity contribution in [1.29, 1.82) is 0 Å². The number of nitrogens with zero attached hydrogens (tertiary/aromatic N) is 3. The summed E-state index contributed by atoms with van der Waals surface area (Å²) in [4.78, 5) is 29.4. The lowest BCUT2D eigenvalue weighted by Crippen LogP contribution is -2.27. The second-order valence-corrected chi connectivity index (χ2v) is 6.89. The first kappa shape index (κ1) is 20.3. The monoisotopic (exact) mass is 418 g/mol. The summed E-state index contributed by atoms with van der Waals surface area (Å²) < 4.78 is 12.2. The van der Waals surface area contributed by atoms with E-state index in [0.717, 1.165) is 16.9 Å². The van der Waals surface area contributed by atoms with Crippen LogP contribution in [0.5, 0.6) is 5.75 Å². The van der Waals surface area contributed by atoms with Gasteiger partial charge in [-0.15, -0.1) is 0 Å². The number of para-hydroxylation sites is 1. The standard InChI is InChI=1S/C23H22N4O4/c1-2-30-18-11-7-6-10-17(18)14-24-19(28)12-13-27-15-25-21-20(16-8-4-3-5-9-16)26-31-22(21)23(27)29/h3-11,15H,2,12-14H2,1H3,(H,24,28). The number of carbonyl (C=O) groups excluding carboxylic acids is 1. The van der Waals surface area contributed by atoms with Crippen LogP contribution in [0.1, 0.15) is 18.9 Å². The summed E-state index contributed by atoms with van der Waals surface area (Å²) in [5.41, 5.74) is 2.35. The molecule has 0 atom stereocenters. The molecule has 8 heteroatoms. The van der Waals surface area contributed by atoms with Crippen molar-refractivity contribution in [2.75, 3.05) is 6.61 Å². The van der Waals surface area contributed by atoms with Gasteiger partial charge < -0.3 is 14.6 Å². The van der Waals surface area contributed by atoms with Crippen LogP contribution in [0.4, 0.5) is 0 Å². The Morgan fingerprint density at radius 2 is 1.90 bits per heavy atom. The number of benzene rings is 2. The van der Waals surface area contributed by atoms with Crippen LogP contribution in [0.25, 0.3) is 22.4 Å². The number of aromatic nitrogens is 3. The largest absolute Gasteiger partial charge is 0.494 e. The summed E-state index contributed by atoms with van der Waals surface area (Å²) >= 11 is 0. The minimum atomic E-state index is -0.367. The van der Waals surface area contributed by atoms with Crippen LogP contribution >= 0.6 is 0 Å². The molecule has 2 aromatic heterocycles. The predicted molar refractivity (Wildman–Crippen MR) is 116 cm³/mol. The Hall–Kier alpha value is -3.94. The maximum Gasteiger partial charge on any atom is 0.299 e. The Morgan fingerprint density at radius 1 is 1.13 bits per heavy atom. The van der Waals surface area contributed by atoms with E-state index in [4.69, 9.17) is 9.26 Å². The van der Waals surface area contributed by atoms with Crippen LogP contribution < -0.4 is 15.6 Å². The summed E-state index contributed by atoms with van der Waals surface area (Å²) in [5, 5.41) is 6.87. The fourth-order valence-electron chi connectivity index (χ4n) is 3.25. The zero-order valence-corrected chi connectivity index (χ0v) is 17.1. The molecule has 0 saturated heterocycles. The number of carbonyl (C=O) groups is 1. The van der Waals surface area contributed by atoms with Crippen molar-refractivity contribution in [2.45, 2.75) is 26.4 Å². The van der Waals surface area contributed by atoms with Crippen LogP contribution in [0.3, 0.4) is 0 Å². The van der Waals surface area contributed by atoms with Crippen molar-refractivity contribution >= 4 is 17.0 Å². The highest BCUT2D eigenvalue weighted by atomic mass is 16.5. The van der Waals surface area contributed by atoms with Crippen LogP contribution in [0.15, 0.2) is 70.2 Å². The van der Waals surface area contributed by atoms with Gasteiger partial charge in [-0.1, -0.05) is 53.7 Å². The number of ether oxygens (including phenoxy) is 1. The highest BCUT2D eigenvalue weighted by Crippen LogP contribution is 2.24. The van der Waals surface area contributed by atoms with Gasteiger partial charge in [-0.25, -0.2) is 4.98 Å². The van der Waals surface area contributed by atoms with Crippen molar-refractivity contribution in [1.82, 2.24) is 20.0 Å². The lowest BCUT2D eigenvalue weighted by atomic mass is 10.1. The second kappa shape index (κ2) is 9.25. The molecule has 8 nitrogen and oxygen atoms in total. The van der Waals surface area contributed by atoms with Gasteiger partial charge in [-0.3, -0.25) is 14.2 Å². The topological polar surface area (TPSA) is 99.2 Å². The molecule has 1 N–H and O–H groups in total. The molecule has 158 valence electrons. The van der Waals surface area contributed by atoms with Crippen molar-refractivity contribution < 1.29 is 14.1 Å². The van der Waals surface area contributed by atoms with Gasteiger partial charge in [0.1, 0.15) is 17.0 Å². The average molecular weight is 418 g/mol. The van der Waals surface area contributed by atoms with E-state index < -0.39 is 0 Å². The summed E-state index contributed by atoms with van der Waals surface area (Å²) in [6.45, 7) is 3.00. The molecule has 1 amide bonds. The van der Waals surface area contributed by atoms with E-state index in [1.807, 2.05) is 61.5 Å². The van der Waals surface area contributed by atoms with Gasteiger partial charge in [-0.05, 0) is 13.0 Å². The summed E-state index contributed by atoms with van der Waals surface area (Å²) in [7, 11) is 0. The number of hydrogen-bond acceptors (Lipinski definition) is 6. The molecular weight excluding hydrogens is 396 g/mol. The Balaban J connectivity index is 1.42. The van der Waals surface area contributed by atoms with E-state index in [-0.39, 0.29) is 30.0 Å². The van der Waals surface area contributed by atoms with Gasteiger partial charge >= 0.3 is 0 Å². The molecule has 2 aromatic carbocycles. The number of fused-ring (bicyclic) bond motifs is 1. The summed E-state index contributed by atoms with van der Waals surface area (Å²) in [6.07, 6.45) is 1.55. The molecule has 0 radical (unpaired) electrons. The average Bonchev–Trinajstić information content (AvgIpc) is 3.24. The van der Waals surface area contributed by atoms with E-state index in [9.17, 15) is 9.59 Å². The first-order chi connectivity index (χ1) is 15.2. The van der Waals surface area contributed by atoms with Gasteiger partial charge in [0, 0.05) is 30.6 Å². The SMILES string of the molecule is CCOc1ccccc1CNC(=O)CCn1cnc2c(-c3ccccc3)noc2c1=O. The van der Waals surface area contributed by atoms with Crippen molar-refractivity contribution in [3.8, 4) is 17.0 Å². The molecule has 31 heavy (non-hydrogen) atoms. The zero-order valence-electron chi connectivity index (χ0n) is 17.1. The molecule has 2 heterocycles. The second-order valence-electron chi connectivity index (χ2n) is 6.89. The van der Waals surface area contributed by atoms with Crippen molar-refractivity contribution in [2.24, 2.45) is 0 Å². The van der Waals surface area contributed by atoms with E-state index in [1.165, 1.54) is 10.9 Å². The van der Waals surface area contributed by atoms with E-state index in [0.29, 0.717) is 24.4 Å². The third-order valence-electron chi connectivity index (χ3n) is 4.82. The van der Waals surface area contributed by atoms with Crippen molar-refractivity contribution in [3.05, 3.63) is 76.8 Å². The maximum atomic E-state index is 12.7. The molecule has 0 fully saturated rings. The van der Waals surface area contributed by atoms with E-state index >= 15 is 0 Å². The molecule has 4 rings (SSSR count). The fourth-order valence-corrected chi connectivity index (χ4v) is 3.25. The minimum absolute atomic E-state index is 0.0763. The highest BCUT2D eigenvalue weighted by Gasteiger charge is 2.16. The molecule has 4 aromatic rings. The Bertz CT molecular complexity index is 1250. The van der Waals surface area contributed by atoms with Crippen molar-refractivity contribution in [3.63, 3.8) is 0 Å². The predicted octanol–water partition coefficient (Wildman–Crippen LogP) is 3.16. The molecule has 0 aliphatic carbocycles. The van der Waals surface area contributed by atoms with Gasteiger partial charge in [0.2, 0.25) is 5.91 Å². The molecule has 0 aliphatic heterocycles. The van der Waals surface area contributed by atoms with Crippen LogP contribution in [0.2, 0.25) is 0 Å². The smallest absolute Gasteiger partial charge is 0.299 e. The summed E-state index contributed by atoms with van der Waals surface area (Å²) in [6, 6.07) is 17.0. The number of hydrogen-bond donors (Lipinski definition) is 1. The minimum Gasteiger partial charge on any atom is -0.494 e. The molecule has 0 saturated carbocycles. The zero-order chi connectivity index (χ0) is 21.6. The fraction of sp³-hybridized carbons (Fsp3) is 0.217. The van der Waals surface area contributed by atoms with Gasteiger partial charge in [0.15, 0.2) is 0 Å². The Labute approximate surface area is 178 Å². The van der Waals surface area contributed by atoms with Gasteiger partial charge in [0.25, 0.3) is 11.1 Å². The third kappa shape index (κ3) is 4.48. The number of amides is 1. The maximum absolute atomic E-state index is 12.7. The number of rotatable bonds is 8. The van der Waals surface area contributed by atoms with Crippen LogP contribution in [-0.2, 0) is 17.9 Å². The number of nitrogens with one attached hydrogen (secondary N) is 1. The lowest BCUT2D eigenvalue weighted by Gasteiger charge is -2.11. The first-order valence-electron chi connectivity index (χ1n) is 10.0. The van der Waals surface area contributed by atoms with Gasteiger partial charge in [-0.2, -0.15) is 0 Å². The van der Waals surface area contributed by atoms with Crippen LogP contribution in [-0.4, -0.2) is 27.2 Å². The number of aryl methyl sites for hydroxylation is 1. The summed E-state index contributed by atoms with van der Waals surface area (Å²) in [5.74, 6) is 0.566. The van der Waals surface area contributed by atoms with E-state index in [2.05, 4.69) is 15.5 Å². The molecule has 0 unspecified atom stereocenters. The van der Waals surface area contributed by atoms with E-state index in [1.54, 1.807) is 0 Å². The third-order valence-corrected chi connectivity index (χ3v) is 4.82. The van der Waals surface area contributed by atoms with Gasteiger partial charge in [0.05, 0.1) is 12.9 Å². The molecule has 0 spiro atoms. The van der Waals surface area contributed by atoms with Crippen LogP contribution in [0, 0.1) is 0 Å². The first-order valence-corrected chi connectivity index (χ1v) is 10.0. The Morgan fingerprint density at radius 3 is 2.71 bits per heavy atom. The Kier molecular flexibility index (Phi) is 6.07. The molecule has 0 aliphatic rings.